The zero-order valence-electron chi connectivity index (χ0n) is 12.9. The molecule has 1 aliphatic heterocycles. The number of nitrogens with zero attached hydrogens (tertiary/aromatic N) is 4. The minimum atomic E-state index is -0.454. The van der Waals surface area contributed by atoms with Crippen LogP contribution in [0, 0.1) is 0 Å². The number of aromatic nitrogens is 2. The van der Waals surface area contributed by atoms with Crippen molar-refractivity contribution in [1.29, 1.82) is 0 Å². The quantitative estimate of drug-likeness (QED) is 0.862. The second kappa shape index (κ2) is 6.15. The van der Waals surface area contributed by atoms with E-state index in [1.807, 2.05) is 19.0 Å². The molecule has 0 aromatic carbocycles. The number of aliphatic hydroxyl groups is 1. The van der Waals surface area contributed by atoms with Crippen molar-refractivity contribution in [3.8, 4) is 0 Å². The van der Waals surface area contributed by atoms with Gasteiger partial charge >= 0.3 is 0 Å². The lowest BCUT2D eigenvalue weighted by Gasteiger charge is -2.29. The number of aryl methyl sites for hydroxylation is 1. The topological polar surface area (TPSA) is 61.7 Å². The van der Waals surface area contributed by atoms with Crippen LogP contribution in [0.5, 0.6) is 0 Å². The summed E-state index contributed by atoms with van der Waals surface area (Å²) >= 11 is 0. The summed E-state index contributed by atoms with van der Waals surface area (Å²) in [5, 5.41) is 9.98. The number of anilines is 2. The van der Waals surface area contributed by atoms with Gasteiger partial charge in [0.25, 0.3) is 0 Å². The maximum Gasteiger partial charge on any atom is 0.227 e. The molecule has 1 aliphatic carbocycles. The highest BCUT2D eigenvalue weighted by molar-refractivity contribution is 5.54. The van der Waals surface area contributed by atoms with Crippen LogP contribution in [0.25, 0.3) is 0 Å². The first-order valence-electron chi connectivity index (χ1n) is 7.73. The highest BCUT2D eigenvalue weighted by Gasteiger charge is 2.25. The molecule has 1 aromatic heterocycles. The second-order valence-corrected chi connectivity index (χ2v) is 6.05. The van der Waals surface area contributed by atoms with Gasteiger partial charge in [-0.25, -0.2) is 4.98 Å². The van der Waals surface area contributed by atoms with E-state index >= 15 is 0 Å². The van der Waals surface area contributed by atoms with Crippen LogP contribution in [0.4, 0.5) is 11.8 Å². The SMILES string of the molecule is CN(C)c1nc2c(c(N3CCOC[C@H](O)C3)n1)CCCC2. The van der Waals surface area contributed by atoms with Gasteiger partial charge in [0.15, 0.2) is 0 Å². The lowest BCUT2D eigenvalue weighted by molar-refractivity contribution is 0.0597. The summed E-state index contributed by atoms with van der Waals surface area (Å²) in [5.74, 6) is 1.75. The van der Waals surface area contributed by atoms with Gasteiger partial charge in [-0.05, 0) is 25.7 Å². The molecule has 116 valence electrons. The monoisotopic (exact) mass is 292 g/mol. The third kappa shape index (κ3) is 3.11. The van der Waals surface area contributed by atoms with Gasteiger partial charge in [0.2, 0.25) is 5.95 Å². The Labute approximate surface area is 125 Å². The van der Waals surface area contributed by atoms with Crippen molar-refractivity contribution < 1.29 is 9.84 Å². The molecule has 3 rings (SSSR count). The molecule has 6 nitrogen and oxygen atoms in total. The number of aliphatic hydroxyl groups excluding tert-OH is 1. The smallest absolute Gasteiger partial charge is 0.227 e. The van der Waals surface area contributed by atoms with E-state index in [9.17, 15) is 5.11 Å². The minimum absolute atomic E-state index is 0.407. The van der Waals surface area contributed by atoms with Gasteiger partial charge in [-0.1, -0.05) is 0 Å². The Bertz CT molecular complexity index is 507. The molecule has 1 saturated heterocycles. The highest BCUT2D eigenvalue weighted by Crippen LogP contribution is 2.30. The molecule has 6 heteroatoms. The number of hydrogen-bond donors (Lipinski definition) is 1. The standard InChI is InChI=1S/C15H24N4O2/c1-18(2)15-16-13-6-4-3-5-12(13)14(17-15)19-7-8-21-10-11(20)9-19/h11,20H,3-10H2,1-2H3/t11-/m1/s1. The molecule has 1 aromatic rings. The fourth-order valence-corrected chi connectivity index (χ4v) is 3.01. The number of fused-ring (bicyclic) bond motifs is 1. The van der Waals surface area contributed by atoms with Crippen molar-refractivity contribution in [3.05, 3.63) is 11.3 Å². The predicted octanol–water partition coefficient (Wildman–Crippen LogP) is 0.619. The summed E-state index contributed by atoms with van der Waals surface area (Å²) in [6.45, 7) is 2.39. The Morgan fingerprint density at radius 2 is 2.05 bits per heavy atom. The fourth-order valence-electron chi connectivity index (χ4n) is 3.01. The van der Waals surface area contributed by atoms with Crippen molar-refractivity contribution >= 4 is 11.8 Å². The van der Waals surface area contributed by atoms with Crippen molar-refractivity contribution in [2.45, 2.75) is 31.8 Å². The van der Waals surface area contributed by atoms with Gasteiger partial charge < -0.3 is 19.6 Å². The second-order valence-electron chi connectivity index (χ2n) is 6.05. The summed E-state index contributed by atoms with van der Waals surface area (Å²) in [6, 6.07) is 0. The van der Waals surface area contributed by atoms with Crippen molar-refractivity contribution in [3.63, 3.8) is 0 Å². The number of β-amino-alcohol motifs (C(OH)–C–C–N with tert-alkyl or cyclic N) is 1. The molecule has 0 spiro atoms. The molecule has 1 atom stereocenters. The normalized spacial score (nSPS) is 22.6. The van der Waals surface area contributed by atoms with Gasteiger partial charge in [-0.2, -0.15) is 4.98 Å². The fraction of sp³-hybridized carbons (Fsp3) is 0.733. The number of ether oxygens (including phenoxy) is 1. The van der Waals surface area contributed by atoms with Crippen LogP contribution in [0.3, 0.4) is 0 Å². The zero-order valence-corrected chi connectivity index (χ0v) is 12.9. The van der Waals surface area contributed by atoms with E-state index in [4.69, 9.17) is 14.7 Å². The molecule has 21 heavy (non-hydrogen) atoms. The Hall–Kier alpha value is -1.40. The highest BCUT2D eigenvalue weighted by atomic mass is 16.5. The third-order valence-corrected chi connectivity index (χ3v) is 4.10. The Balaban J connectivity index is 2.00. The van der Waals surface area contributed by atoms with Crippen molar-refractivity contribution in [1.82, 2.24) is 9.97 Å². The zero-order chi connectivity index (χ0) is 14.8. The van der Waals surface area contributed by atoms with Crippen LogP contribution in [0.15, 0.2) is 0 Å². The minimum Gasteiger partial charge on any atom is -0.389 e. The van der Waals surface area contributed by atoms with E-state index in [1.165, 1.54) is 24.1 Å². The average Bonchev–Trinajstić information content (AvgIpc) is 2.70. The first-order chi connectivity index (χ1) is 10.1. The van der Waals surface area contributed by atoms with Gasteiger partial charge in [0.05, 0.1) is 25.0 Å². The van der Waals surface area contributed by atoms with Gasteiger partial charge in [0, 0.05) is 32.7 Å². The van der Waals surface area contributed by atoms with Crippen LogP contribution in [-0.4, -0.2) is 61.6 Å². The van der Waals surface area contributed by atoms with Crippen LogP contribution in [0.2, 0.25) is 0 Å². The average molecular weight is 292 g/mol. The van der Waals surface area contributed by atoms with E-state index in [-0.39, 0.29) is 0 Å². The summed E-state index contributed by atoms with van der Waals surface area (Å²) < 4.78 is 5.43. The summed E-state index contributed by atoms with van der Waals surface area (Å²) in [6.07, 6.45) is 3.99. The van der Waals surface area contributed by atoms with Gasteiger partial charge in [-0.15, -0.1) is 0 Å². The maximum atomic E-state index is 9.98. The van der Waals surface area contributed by atoms with E-state index in [1.54, 1.807) is 0 Å². The molecule has 2 aliphatic rings. The first kappa shape index (κ1) is 14.5. The molecular weight excluding hydrogens is 268 g/mol. The number of rotatable bonds is 2. The summed E-state index contributed by atoms with van der Waals surface area (Å²) in [7, 11) is 3.93. The summed E-state index contributed by atoms with van der Waals surface area (Å²) in [5.41, 5.74) is 2.44. The molecule has 0 amide bonds. The molecule has 0 unspecified atom stereocenters. The molecule has 0 bridgehead atoms. The first-order valence-corrected chi connectivity index (χ1v) is 7.73. The van der Waals surface area contributed by atoms with E-state index < -0.39 is 6.10 Å². The van der Waals surface area contributed by atoms with Crippen LogP contribution in [-0.2, 0) is 17.6 Å². The molecule has 1 N–H and O–H groups in total. The van der Waals surface area contributed by atoms with Gasteiger partial charge in [0.1, 0.15) is 5.82 Å². The van der Waals surface area contributed by atoms with Crippen LogP contribution < -0.4 is 9.80 Å². The van der Waals surface area contributed by atoms with Crippen LogP contribution >= 0.6 is 0 Å². The van der Waals surface area contributed by atoms with E-state index in [2.05, 4.69) is 4.90 Å². The van der Waals surface area contributed by atoms with Crippen molar-refractivity contribution in [2.24, 2.45) is 0 Å². The van der Waals surface area contributed by atoms with E-state index in [0.29, 0.717) is 19.8 Å². The van der Waals surface area contributed by atoms with Gasteiger partial charge in [-0.3, -0.25) is 0 Å². The lowest BCUT2D eigenvalue weighted by atomic mass is 9.96. The summed E-state index contributed by atoms with van der Waals surface area (Å²) in [4.78, 5) is 13.6. The molecule has 0 saturated carbocycles. The molecular formula is C15H24N4O2. The molecule has 0 radical (unpaired) electrons. The Kier molecular flexibility index (Phi) is 4.26. The van der Waals surface area contributed by atoms with E-state index in [0.717, 1.165) is 31.2 Å². The maximum absolute atomic E-state index is 9.98. The Morgan fingerprint density at radius 3 is 2.86 bits per heavy atom. The predicted molar refractivity (Wildman–Crippen MR) is 82.0 cm³/mol. The Morgan fingerprint density at radius 1 is 1.24 bits per heavy atom. The number of hydrogen-bond acceptors (Lipinski definition) is 6. The molecule has 2 heterocycles. The lowest BCUT2D eigenvalue weighted by Crippen LogP contribution is -2.35. The van der Waals surface area contributed by atoms with Crippen LogP contribution in [0.1, 0.15) is 24.1 Å². The van der Waals surface area contributed by atoms with Crippen molar-refractivity contribution in [2.75, 3.05) is 50.2 Å². The third-order valence-electron chi connectivity index (χ3n) is 4.10. The molecule has 1 fully saturated rings. The largest absolute Gasteiger partial charge is 0.389 e.